The highest BCUT2D eigenvalue weighted by Gasteiger charge is 2.36. The topological polar surface area (TPSA) is 105 Å². The minimum Gasteiger partial charge on any atom is -0.504 e. The fourth-order valence-electron chi connectivity index (χ4n) is 3.47. The molecule has 1 heterocycles. The predicted molar refractivity (Wildman–Crippen MR) is 143 cm³/mol. The van der Waals surface area contributed by atoms with Crippen LogP contribution in [0.3, 0.4) is 0 Å². The van der Waals surface area contributed by atoms with Gasteiger partial charge in [-0.15, -0.1) is 0 Å². The number of hydrogen-bond acceptors (Lipinski definition) is 6. The van der Waals surface area contributed by atoms with Crippen LogP contribution < -0.4 is 19.7 Å². The maximum absolute atomic E-state index is 13.2. The average molecular weight is 619 g/mol. The van der Waals surface area contributed by atoms with Gasteiger partial charge in [0.1, 0.15) is 17.9 Å². The minimum absolute atomic E-state index is 0.0346. The van der Waals surface area contributed by atoms with Crippen molar-refractivity contribution in [1.29, 1.82) is 0 Å². The Labute approximate surface area is 225 Å². The first kappa shape index (κ1) is 25.5. The summed E-state index contributed by atoms with van der Waals surface area (Å²) in [6.07, 6.45) is 1.35. The van der Waals surface area contributed by atoms with Crippen LogP contribution in [0.2, 0.25) is 5.02 Å². The molecule has 1 aliphatic rings. The number of rotatable bonds is 7. The summed E-state index contributed by atoms with van der Waals surface area (Å²) in [5.74, 6) is -0.901. The van der Waals surface area contributed by atoms with Gasteiger partial charge < -0.3 is 14.6 Å². The number of phenolic OH excluding ortho intramolecular Hbond substituents is 1. The molecule has 2 N–H and O–H groups in total. The average Bonchev–Trinajstić information content (AvgIpc) is 2.85. The number of barbiturate groups is 1. The lowest BCUT2D eigenvalue weighted by Gasteiger charge is -2.26. The van der Waals surface area contributed by atoms with Crippen LogP contribution in [0.5, 0.6) is 17.2 Å². The van der Waals surface area contributed by atoms with Gasteiger partial charge in [-0.2, -0.15) is 0 Å². The number of ether oxygens (including phenoxy) is 2. The van der Waals surface area contributed by atoms with E-state index in [1.54, 1.807) is 43.3 Å². The molecular weight excluding hydrogens is 599 g/mol. The molecule has 0 spiro atoms. The van der Waals surface area contributed by atoms with Crippen molar-refractivity contribution in [3.63, 3.8) is 0 Å². The number of nitrogens with one attached hydrogen (secondary N) is 1. The quantitative estimate of drug-likeness (QED) is 0.212. The molecule has 10 heteroatoms. The first-order chi connectivity index (χ1) is 17.3. The van der Waals surface area contributed by atoms with Crippen LogP contribution in [0.1, 0.15) is 18.1 Å². The zero-order valence-corrected chi connectivity index (χ0v) is 21.9. The van der Waals surface area contributed by atoms with E-state index in [1.165, 1.54) is 12.1 Å². The van der Waals surface area contributed by atoms with Crippen LogP contribution in [-0.2, 0) is 16.2 Å². The first-order valence-corrected chi connectivity index (χ1v) is 12.3. The van der Waals surface area contributed by atoms with Gasteiger partial charge in [-0.05, 0) is 83.6 Å². The molecule has 4 amide bonds. The molecule has 8 nitrogen and oxygen atoms in total. The maximum atomic E-state index is 13.2. The van der Waals surface area contributed by atoms with Crippen LogP contribution in [0.25, 0.3) is 6.08 Å². The van der Waals surface area contributed by atoms with Gasteiger partial charge in [0.2, 0.25) is 0 Å². The Kier molecular flexibility index (Phi) is 7.80. The SMILES string of the molecule is CCOc1cc(/C=C2\C(=O)NC(=O)N(c3ccc(OCc4ccccc4Cl)cc3)C2=O)cc(I)c1O. The van der Waals surface area contributed by atoms with Gasteiger partial charge in [-0.1, -0.05) is 29.8 Å². The molecule has 0 aliphatic carbocycles. The van der Waals surface area contributed by atoms with E-state index in [0.29, 0.717) is 26.5 Å². The van der Waals surface area contributed by atoms with Crippen LogP contribution in [0, 0.1) is 3.57 Å². The number of anilines is 1. The number of nitrogens with zero attached hydrogens (tertiary/aromatic N) is 1. The fraction of sp³-hybridized carbons (Fsp3) is 0.115. The second kappa shape index (κ2) is 11.0. The smallest absolute Gasteiger partial charge is 0.335 e. The van der Waals surface area contributed by atoms with Crippen molar-refractivity contribution < 1.29 is 29.0 Å². The molecule has 1 fully saturated rings. The highest BCUT2D eigenvalue weighted by molar-refractivity contribution is 14.1. The molecule has 0 atom stereocenters. The van der Waals surface area contributed by atoms with Crippen LogP contribution in [0.4, 0.5) is 10.5 Å². The van der Waals surface area contributed by atoms with E-state index in [2.05, 4.69) is 5.32 Å². The van der Waals surface area contributed by atoms with Gasteiger partial charge in [0.15, 0.2) is 11.5 Å². The molecule has 0 aromatic heterocycles. The summed E-state index contributed by atoms with van der Waals surface area (Å²) in [5, 5.41) is 12.9. The summed E-state index contributed by atoms with van der Waals surface area (Å²) in [7, 11) is 0. The van der Waals surface area contributed by atoms with E-state index in [-0.39, 0.29) is 29.4 Å². The van der Waals surface area contributed by atoms with Gasteiger partial charge in [0, 0.05) is 10.6 Å². The van der Waals surface area contributed by atoms with E-state index in [9.17, 15) is 19.5 Å². The normalized spacial score (nSPS) is 14.7. The maximum Gasteiger partial charge on any atom is 0.335 e. The van der Waals surface area contributed by atoms with Gasteiger partial charge in [0.05, 0.1) is 15.9 Å². The third-order valence-electron chi connectivity index (χ3n) is 5.21. The van der Waals surface area contributed by atoms with Crippen LogP contribution in [-0.4, -0.2) is 29.6 Å². The van der Waals surface area contributed by atoms with E-state index < -0.39 is 17.8 Å². The first-order valence-electron chi connectivity index (χ1n) is 10.8. The molecule has 0 saturated carbocycles. The largest absolute Gasteiger partial charge is 0.504 e. The van der Waals surface area contributed by atoms with Crippen LogP contribution >= 0.6 is 34.2 Å². The summed E-state index contributed by atoms with van der Waals surface area (Å²) >= 11 is 8.08. The number of carbonyl (C=O) groups excluding carboxylic acids is 3. The molecule has 0 unspecified atom stereocenters. The molecule has 184 valence electrons. The Morgan fingerprint density at radius 1 is 1.06 bits per heavy atom. The monoisotopic (exact) mass is 618 g/mol. The lowest BCUT2D eigenvalue weighted by molar-refractivity contribution is -0.122. The Morgan fingerprint density at radius 2 is 1.78 bits per heavy atom. The summed E-state index contributed by atoms with van der Waals surface area (Å²) in [5.41, 5.74) is 1.30. The molecule has 3 aromatic rings. The van der Waals surface area contributed by atoms with Crippen molar-refractivity contribution in [3.05, 3.63) is 86.0 Å². The predicted octanol–water partition coefficient (Wildman–Crippen LogP) is 5.29. The second-order valence-electron chi connectivity index (χ2n) is 7.61. The lowest BCUT2D eigenvalue weighted by atomic mass is 10.1. The molecule has 4 rings (SSSR count). The van der Waals surface area contributed by atoms with Crippen molar-refractivity contribution in [1.82, 2.24) is 5.32 Å². The van der Waals surface area contributed by atoms with Crippen molar-refractivity contribution >= 4 is 63.8 Å². The van der Waals surface area contributed by atoms with Gasteiger partial charge in [0.25, 0.3) is 11.8 Å². The van der Waals surface area contributed by atoms with Crippen LogP contribution in [0.15, 0.2) is 66.2 Å². The Balaban J connectivity index is 1.57. The van der Waals surface area contributed by atoms with E-state index >= 15 is 0 Å². The summed E-state index contributed by atoms with van der Waals surface area (Å²) < 4.78 is 11.7. The van der Waals surface area contributed by atoms with Crippen molar-refractivity contribution in [2.24, 2.45) is 0 Å². The number of hydrogen-bond donors (Lipinski definition) is 2. The molecule has 1 aliphatic heterocycles. The molecular formula is C26H20ClIN2O6. The number of amides is 4. The third kappa shape index (κ3) is 5.47. The van der Waals surface area contributed by atoms with Gasteiger partial charge >= 0.3 is 6.03 Å². The van der Waals surface area contributed by atoms with Gasteiger partial charge in [-0.25, -0.2) is 9.69 Å². The molecule has 1 saturated heterocycles. The van der Waals surface area contributed by atoms with E-state index in [0.717, 1.165) is 10.5 Å². The number of imide groups is 2. The molecule has 0 bridgehead atoms. The van der Waals surface area contributed by atoms with Crippen molar-refractivity contribution in [2.75, 3.05) is 11.5 Å². The molecule has 36 heavy (non-hydrogen) atoms. The standard InChI is InChI=1S/C26H20ClIN2O6/c1-2-35-22-13-15(12-21(28)23(22)31)11-19-24(32)29-26(34)30(25(19)33)17-7-9-18(10-8-17)36-14-16-5-3-4-6-20(16)27/h3-13,31H,2,14H2,1H3,(H,29,32,34)/b19-11+. The highest BCUT2D eigenvalue weighted by Crippen LogP contribution is 2.34. The van der Waals surface area contributed by atoms with Gasteiger partial charge in [-0.3, -0.25) is 14.9 Å². The van der Waals surface area contributed by atoms with E-state index in [1.807, 2.05) is 40.8 Å². The summed E-state index contributed by atoms with van der Waals surface area (Å²) in [6.45, 7) is 2.34. The number of benzene rings is 3. The Hall–Kier alpha value is -3.57. The summed E-state index contributed by atoms with van der Waals surface area (Å²) in [6, 6.07) is 15.9. The lowest BCUT2D eigenvalue weighted by Crippen LogP contribution is -2.54. The number of urea groups is 1. The second-order valence-corrected chi connectivity index (χ2v) is 9.18. The summed E-state index contributed by atoms with van der Waals surface area (Å²) in [4.78, 5) is 39.1. The zero-order valence-electron chi connectivity index (χ0n) is 19.0. The third-order valence-corrected chi connectivity index (χ3v) is 6.40. The van der Waals surface area contributed by atoms with Crippen molar-refractivity contribution in [3.8, 4) is 17.2 Å². The number of aromatic hydroxyl groups is 1. The molecule has 3 aromatic carbocycles. The molecule has 0 radical (unpaired) electrons. The minimum atomic E-state index is -0.859. The fourth-order valence-corrected chi connectivity index (χ4v) is 4.28. The van der Waals surface area contributed by atoms with E-state index in [4.69, 9.17) is 21.1 Å². The number of halogens is 2. The Bertz CT molecular complexity index is 1370. The van der Waals surface area contributed by atoms with Crippen molar-refractivity contribution in [2.45, 2.75) is 13.5 Å². The number of phenols is 1. The Morgan fingerprint density at radius 3 is 2.47 bits per heavy atom. The number of carbonyl (C=O) groups is 3. The zero-order chi connectivity index (χ0) is 25.8. The highest BCUT2D eigenvalue weighted by atomic mass is 127.